The van der Waals surface area contributed by atoms with Gasteiger partial charge in [-0.05, 0) is 71.0 Å². The van der Waals surface area contributed by atoms with Gasteiger partial charge in [0.15, 0.2) is 0 Å². The molecule has 0 saturated carbocycles. The summed E-state index contributed by atoms with van der Waals surface area (Å²) >= 11 is 0. The van der Waals surface area contributed by atoms with Gasteiger partial charge in [0, 0.05) is 13.1 Å². The van der Waals surface area contributed by atoms with Crippen LogP contribution in [0.5, 0.6) is 0 Å². The Labute approximate surface area is 122 Å². The highest BCUT2D eigenvalue weighted by atomic mass is 16.6. The predicted octanol–water partition coefficient (Wildman–Crippen LogP) is 1.57. The molecule has 2 saturated heterocycles. The van der Waals surface area contributed by atoms with Crippen molar-refractivity contribution in [2.24, 2.45) is 17.1 Å². The molecule has 2 rings (SSSR count). The van der Waals surface area contributed by atoms with Crippen LogP contribution in [0.3, 0.4) is 0 Å². The SMILES string of the molecule is CC(C)(C)OC(=O)N1CCC2(CCNCC2)C(CN)C1. The molecule has 2 aliphatic rings. The summed E-state index contributed by atoms with van der Waals surface area (Å²) in [5.41, 5.74) is 5.90. The molecule has 0 aromatic rings. The smallest absolute Gasteiger partial charge is 0.410 e. The Morgan fingerprint density at radius 1 is 1.35 bits per heavy atom. The Bertz CT molecular complexity index is 346. The number of carbonyl (C=O) groups is 1. The van der Waals surface area contributed by atoms with Crippen molar-refractivity contribution in [2.75, 3.05) is 32.7 Å². The van der Waals surface area contributed by atoms with Crippen LogP contribution >= 0.6 is 0 Å². The lowest BCUT2D eigenvalue weighted by molar-refractivity contribution is -0.0170. The number of amides is 1. The lowest BCUT2D eigenvalue weighted by Crippen LogP contribution is -2.55. The maximum Gasteiger partial charge on any atom is 0.410 e. The van der Waals surface area contributed by atoms with Crippen LogP contribution < -0.4 is 11.1 Å². The van der Waals surface area contributed by atoms with Gasteiger partial charge >= 0.3 is 6.09 Å². The number of nitrogens with one attached hydrogen (secondary N) is 1. The van der Waals surface area contributed by atoms with E-state index in [1.165, 1.54) is 12.8 Å². The first-order valence-corrected chi connectivity index (χ1v) is 7.75. The number of ether oxygens (including phenoxy) is 1. The molecule has 116 valence electrons. The highest BCUT2D eigenvalue weighted by molar-refractivity contribution is 5.68. The molecule has 1 unspecified atom stereocenters. The van der Waals surface area contributed by atoms with Gasteiger partial charge in [-0.2, -0.15) is 0 Å². The monoisotopic (exact) mass is 283 g/mol. The second-order valence-electron chi connectivity index (χ2n) is 7.22. The number of carbonyl (C=O) groups excluding carboxylic acids is 1. The van der Waals surface area contributed by atoms with E-state index in [1.807, 2.05) is 25.7 Å². The Morgan fingerprint density at radius 2 is 2.00 bits per heavy atom. The van der Waals surface area contributed by atoms with Crippen LogP contribution in [0.4, 0.5) is 4.79 Å². The molecular formula is C15H29N3O2. The van der Waals surface area contributed by atoms with E-state index in [1.54, 1.807) is 0 Å². The van der Waals surface area contributed by atoms with E-state index in [2.05, 4.69) is 5.32 Å². The number of hydrogen-bond acceptors (Lipinski definition) is 4. The Morgan fingerprint density at radius 3 is 2.55 bits per heavy atom. The number of rotatable bonds is 1. The fraction of sp³-hybridized carbons (Fsp3) is 0.933. The third-order valence-electron chi connectivity index (χ3n) is 4.72. The van der Waals surface area contributed by atoms with Crippen LogP contribution in [-0.4, -0.2) is 49.3 Å². The van der Waals surface area contributed by atoms with Crippen molar-refractivity contribution in [1.82, 2.24) is 10.2 Å². The highest BCUT2D eigenvalue weighted by Gasteiger charge is 2.44. The van der Waals surface area contributed by atoms with E-state index >= 15 is 0 Å². The molecule has 0 bridgehead atoms. The van der Waals surface area contributed by atoms with E-state index in [4.69, 9.17) is 10.5 Å². The van der Waals surface area contributed by atoms with Crippen LogP contribution in [0.25, 0.3) is 0 Å². The summed E-state index contributed by atoms with van der Waals surface area (Å²) in [7, 11) is 0. The second kappa shape index (κ2) is 5.90. The van der Waals surface area contributed by atoms with Crippen LogP contribution in [0.2, 0.25) is 0 Å². The number of nitrogens with zero attached hydrogens (tertiary/aromatic N) is 1. The van der Waals surface area contributed by atoms with Gasteiger partial charge in [-0.1, -0.05) is 0 Å². The van der Waals surface area contributed by atoms with Crippen molar-refractivity contribution in [1.29, 1.82) is 0 Å². The van der Waals surface area contributed by atoms with Gasteiger partial charge < -0.3 is 20.7 Å². The minimum atomic E-state index is -0.431. The lowest BCUT2D eigenvalue weighted by atomic mass is 9.65. The van der Waals surface area contributed by atoms with Crippen molar-refractivity contribution in [2.45, 2.75) is 45.6 Å². The van der Waals surface area contributed by atoms with E-state index < -0.39 is 5.60 Å². The minimum Gasteiger partial charge on any atom is -0.444 e. The summed E-state index contributed by atoms with van der Waals surface area (Å²) in [6, 6.07) is 0. The highest BCUT2D eigenvalue weighted by Crippen LogP contribution is 2.43. The van der Waals surface area contributed by atoms with Crippen molar-refractivity contribution in [3.05, 3.63) is 0 Å². The van der Waals surface area contributed by atoms with Gasteiger partial charge in [-0.25, -0.2) is 4.79 Å². The third-order valence-corrected chi connectivity index (χ3v) is 4.72. The van der Waals surface area contributed by atoms with Crippen molar-refractivity contribution in [3.63, 3.8) is 0 Å². The average molecular weight is 283 g/mol. The van der Waals surface area contributed by atoms with Crippen LogP contribution in [-0.2, 0) is 4.74 Å². The Kier molecular flexibility index (Phi) is 4.59. The van der Waals surface area contributed by atoms with Crippen molar-refractivity contribution in [3.8, 4) is 0 Å². The Balaban J connectivity index is 2.00. The average Bonchev–Trinajstić information content (AvgIpc) is 2.38. The summed E-state index contributed by atoms with van der Waals surface area (Å²) in [4.78, 5) is 14.0. The van der Waals surface area contributed by atoms with Crippen molar-refractivity contribution < 1.29 is 9.53 Å². The van der Waals surface area contributed by atoms with E-state index in [9.17, 15) is 4.79 Å². The Hall–Kier alpha value is -0.810. The summed E-state index contributed by atoms with van der Waals surface area (Å²) in [5, 5.41) is 3.42. The molecule has 0 aromatic heterocycles. The fourth-order valence-corrected chi connectivity index (χ4v) is 3.51. The topological polar surface area (TPSA) is 67.6 Å². The zero-order valence-corrected chi connectivity index (χ0v) is 13.1. The molecule has 20 heavy (non-hydrogen) atoms. The molecule has 1 atom stereocenters. The van der Waals surface area contributed by atoms with Gasteiger partial charge in [-0.3, -0.25) is 0 Å². The minimum absolute atomic E-state index is 0.195. The van der Waals surface area contributed by atoms with Gasteiger partial charge in [0.2, 0.25) is 0 Å². The van der Waals surface area contributed by atoms with E-state index in [0.717, 1.165) is 32.6 Å². The normalized spacial score (nSPS) is 26.6. The molecule has 2 aliphatic heterocycles. The van der Waals surface area contributed by atoms with Gasteiger partial charge in [0.1, 0.15) is 5.60 Å². The number of likely N-dealkylation sites (tertiary alicyclic amines) is 1. The van der Waals surface area contributed by atoms with E-state index in [0.29, 0.717) is 17.9 Å². The van der Waals surface area contributed by atoms with Crippen LogP contribution in [0.1, 0.15) is 40.0 Å². The predicted molar refractivity (Wildman–Crippen MR) is 79.5 cm³/mol. The molecule has 1 amide bonds. The quantitative estimate of drug-likeness (QED) is 0.766. The van der Waals surface area contributed by atoms with Crippen LogP contribution in [0.15, 0.2) is 0 Å². The third kappa shape index (κ3) is 3.44. The van der Waals surface area contributed by atoms with E-state index in [-0.39, 0.29) is 6.09 Å². The lowest BCUT2D eigenvalue weighted by Gasteiger charge is -2.49. The zero-order valence-electron chi connectivity index (χ0n) is 13.1. The van der Waals surface area contributed by atoms with Gasteiger partial charge in [0.25, 0.3) is 0 Å². The molecule has 1 spiro atoms. The molecule has 0 radical (unpaired) electrons. The molecule has 2 fully saturated rings. The summed E-state index contributed by atoms with van der Waals surface area (Å²) < 4.78 is 5.48. The standard InChI is InChI=1S/C15H29N3O2/c1-14(2,3)20-13(19)18-9-6-15(12(10-16)11-18)4-7-17-8-5-15/h12,17H,4-11,16H2,1-3H3. The molecule has 0 aliphatic carbocycles. The largest absolute Gasteiger partial charge is 0.444 e. The zero-order chi connectivity index (χ0) is 14.8. The van der Waals surface area contributed by atoms with Crippen molar-refractivity contribution >= 4 is 6.09 Å². The maximum atomic E-state index is 12.2. The first kappa shape index (κ1) is 15.6. The number of nitrogens with two attached hydrogens (primary N) is 1. The first-order chi connectivity index (χ1) is 9.36. The fourth-order valence-electron chi connectivity index (χ4n) is 3.51. The summed E-state index contributed by atoms with van der Waals surface area (Å²) in [6.45, 7) is 10.1. The summed E-state index contributed by atoms with van der Waals surface area (Å²) in [5.74, 6) is 0.394. The molecule has 5 nitrogen and oxygen atoms in total. The molecule has 2 heterocycles. The maximum absolute atomic E-state index is 12.2. The van der Waals surface area contributed by atoms with Gasteiger partial charge in [0.05, 0.1) is 0 Å². The molecule has 3 N–H and O–H groups in total. The summed E-state index contributed by atoms with van der Waals surface area (Å²) in [6.07, 6.45) is 3.21. The molecule has 0 aromatic carbocycles. The molecule has 5 heteroatoms. The number of hydrogen-bond donors (Lipinski definition) is 2. The molecular weight excluding hydrogens is 254 g/mol. The first-order valence-electron chi connectivity index (χ1n) is 7.75. The number of piperidine rings is 2. The van der Waals surface area contributed by atoms with Gasteiger partial charge in [-0.15, -0.1) is 0 Å². The van der Waals surface area contributed by atoms with Crippen LogP contribution in [0, 0.1) is 11.3 Å². The second-order valence-corrected chi connectivity index (χ2v) is 7.22.